The van der Waals surface area contributed by atoms with Crippen LogP contribution in [0.1, 0.15) is 17.0 Å². The Bertz CT molecular complexity index is 767. The second-order valence-corrected chi connectivity index (χ2v) is 5.04. The maximum absolute atomic E-state index is 4.46. The van der Waals surface area contributed by atoms with Crippen molar-refractivity contribution in [1.29, 1.82) is 0 Å². The van der Waals surface area contributed by atoms with Gasteiger partial charge in [-0.2, -0.15) is 10.2 Å². The van der Waals surface area contributed by atoms with Gasteiger partial charge < -0.3 is 5.32 Å². The molecule has 0 saturated carbocycles. The van der Waals surface area contributed by atoms with E-state index in [9.17, 15) is 0 Å². The van der Waals surface area contributed by atoms with E-state index in [2.05, 4.69) is 33.5 Å². The molecular formula is C14H18N6. The summed E-state index contributed by atoms with van der Waals surface area (Å²) in [5.41, 5.74) is 5.26. The zero-order valence-electron chi connectivity index (χ0n) is 12.2. The highest BCUT2D eigenvalue weighted by Crippen LogP contribution is 2.20. The highest BCUT2D eigenvalue weighted by atomic mass is 15.3. The molecule has 0 saturated heterocycles. The SMILES string of the molecule is Cc1nn(C)c2ncc(NCc3cnn(C)c3C)cc12. The van der Waals surface area contributed by atoms with E-state index in [0.29, 0.717) is 0 Å². The smallest absolute Gasteiger partial charge is 0.157 e. The Hall–Kier alpha value is -2.37. The molecule has 0 spiro atoms. The Balaban J connectivity index is 1.84. The topological polar surface area (TPSA) is 60.6 Å². The quantitative estimate of drug-likeness (QED) is 0.790. The highest BCUT2D eigenvalue weighted by Gasteiger charge is 2.08. The average Bonchev–Trinajstić information content (AvgIpc) is 2.90. The average molecular weight is 270 g/mol. The van der Waals surface area contributed by atoms with Crippen molar-refractivity contribution >= 4 is 16.7 Å². The molecule has 0 aliphatic carbocycles. The minimum absolute atomic E-state index is 0.742. The Morgan fingerprint density at radius 1 is 1.15 bits per heavy atom. The molecule has 1 N–H and O–H groups in total. The summed E-state index contributed by atoms with van der Waals surface area (Å²) in [7, 11) is 3.86. The van der Waals surface area contributed by atoms with Crippen LogP contribution in [0.15, 0.2) is 18.5 Å². The maximum Gasteiger partial charge on any atom is 0.157 e. The monoisotopic (exact) mass is 270 g/mol. The summed E-state index contributed by atoms with van der Waals surface area (Å²) >= 11 is 0. The number of aryl methyl sites for hydroxylation is 3. The van der Waals surface area contributed by atoms with E-state index in [0.717, 1.165) is 29.0 Å². The second kappa shape index (κ2) is 4.63. The molecule has 3 aromatic heterocycles. The predicted octanol–water partition coefficient (Wildman–Crippen LogP) is 1.93. The standard InChI is InChI=1S/C14H18N6/c1-9-13-5-12(8-16-14(13)20(4)18-9)15-6-11-7-17-19(3)10(11)2/h5,7-8,15H,6H2,1-4H3. The van der Waals surface area contributed by atoms with Gasteiger partial charge in [0.25, 0.3) is 0 Å². The van der Waals surface area contributed by atoms with Crippen LogP contribution in [0.25, 0.3) is 11.0 Å². The van der Waals surface area contributed by atoms with Gasteiger partial charge in [-0.25, -0.2) is 4.98 Å². The van der Waals surface area contributed by atoms with Gasteiger partial charge in [0.2, 0.25) is 0 Å². The fraction of sp³-hybridized carbons (Fsp3) is 0.357. The lowest BCUT2D eigenvalue weighted by Crippen LogP contribution is -2.02. The first-order valence-electron chi connectivity index (χ1n) is 6.57. The van der Waals surface area contributed by atoms with Gasteiger partial charge in [-0.1, -0.05) is 0 Å². The lowest BCUT2D eigenvalue weighted by molar-refractivity contribution is 0.738. The van der Waals surface area contributed by atoms with Crippen LogP contribution in [0, 0.1) is 13.8 Å². The van der Waals surface area contributed by atoms with Crippen LogP contribution in [-0.2, 0) is 20.6 Å². The first kappa shape index (κ1) is 12.7. The van der Waals surface area contributed by atoms with Crippen molar-refractivity contribution in [2.24, 2.45) is 14.1 Å². The van der Waals surface area contributed by atoms with Crippen molar-refractivity contribution in [1.82, 2.24) is 24.5 Å². The normalized spacial score (nSPS) is 11.2. The summed E-state index contributed by atoms with van der Waals surface area (Å²) in [6.07, 6.45) is 3.73. The Morgan fingerprint density at radius 3 is 2.65 bits per heavy atom. The summed E-state index contributed by atoms with van der Waals surface area (Å²) in [5.74, 6) is 0. The number of fused-ring (bicyclic) bond motifs is 1. The minimum atomic E-state index is 0.742. The first-order chi connectivity index (χ1) is 9.56. The van der Waals surface area contributed by atoms with Crippen LogP contribution < -0.4 is 5.32 Å². The summed E-state index contributed by atoms with van der Waals surface area (Å²) < 4.78 is 3.68. The van der Waals surface area contributed by atoms with Gasteiger partial charge in [0, 0.05) is 37.3 Å². The van der Waals surface area contributed by atoms with Crippen LogP contribution >= 0.6 is 0 Å². The zero-order chi connectivity index (χ0) is 14.3. The summed E-state index contributed by atoms with van der Waals surface area (Å²) in [6.45, 7) is 4.81. The molecule has 0 atom stereocenters. The van der Waals surface area contributed by atoms with Gasteiger partial charge in [0.05, 0.1) is 23.8 Å². The molecular weight excluding hydrogens is 252 g/mol. The highest BCUT2D eigenvalue weighted by molar-refractivity contribution is 5.81. The fourth-order valence-corrected chi connectivity index (χ4v) is 2.32. The summed E-state index contributed by atoms with van der Waals surface area (Å²) in [4.78, 5) is 4.46. The van der Waals surface area contributed by atoms with E-state index in [1.807, 2.05) is 38.1 Å². The van der Waals surface area contributed by atoms with E-state index < -0.39 is 0 Å². The van der Waals surface area contributed by atoms with Crippen molar-refractivity contribution in [3.05, 3.63) is 35.4 Å². The number of pyridine rings is 1. The number of aromatic nitrogens is 5. The molecule has 0 bridgehead atoms. The predicted molar refractivity (Wildman–Crippen MR) is 78.5 cm³/mol. The molecule has 0 aliphatic rings. The van der Waals surface area contributed by atoms with Crippen LogP contribution in [0.5, 0.6) is 0 Å². The third-order valence-corrected chi connectivity index (χ3v) is 3.68. The van der Waals surface area contributed by atoms with Crippen LogP contribution in [0.4, 0.5) is 5.69 Å². The van der Waals surface area contributed by atoms with E-state index in [1.165, 1.54) is 11.3 Å². The molecule has 3 rings (SSSR count). The van der Waals surface area contributed by atoms with Crippen molar-refractivity contribution in [3.8, 4) is 0 Å². The van der Waals surface area contributed by atoms with E-state index in [4.69, 9.17) is 0 Å². The Morgan fingerprint density at radius 2 is 1.95 bits per heavy atom. The minimum Gasteiger partial charge on any atom is -0.380 e. The lowest BCUT2D eigenvalue weighted by Gasteiger charge is -2.06. The van der Waals surface area contributed by atoms with Gasteiger partial charge in [-0.15, -0.1) is 0 Å². The van der Waals surface area contributed by atoms with Gasteiger partial charge >= 0.3 is 0 Å². The summed E-state index contributed by atoms with van der Waals surface area (Å²) in [6, 6.07) is 2.09. The molecule has 104 valence electrons. The van der Waals surface area contributed by atoms with Gasteiger partial charge in [-0.05, 0) is 19.9 Å². The molecule has 6 nitrogen and oxygen atoms in total. The zero-order valence-corrected chi connectivity index (χ0v) is 12.2. The molecule has 3 heterocycles. The third kappa shape index (κ3) is 2.03. The van der Waals surface area contributed by atoms with E-state index in [-0.39, 0.29) is 0 Å². The Labute approximate surface area is 117 Å². The molecule has 0 aliphatic heterocycles. The largest absolute Gasteiger partial charge is 0.380 e. The fourth-order valence-electron chi connectivity index (χ4n) is 2.32. The van der Waals surface area contributed by atoms with E-state index >= 15 is 0 Å². The number of hydrogen-bond donors (Lipinski definition) is 1. The van der Waals surface area contributed by atoms with Crippen molar-refractivity contribution < 1.29 is 0 Å². The van der Waals surface area contributed by atoms with Crippen molar-refractivity contribution in [2.45, 2.75) is 20.4 Å². The maximum atomic E-state index is 4.46. The summed E-state index contributed by atoms with van der Waals surface area (Å²) in [5, 5.41) is 13.1. The number of nitrogens with zero attached hydrogens (tertiary/aromatic N) is 5. The van der Waals surface area contributed by atoms with Gasteiger partial charge in [0.1, 0.15) is 0 Å². The second-order valence-electron chi connectivity index (χ2n) is 5.04. The molecule has 0 fully saturated rings. The molecule has 6 heteroatoms. The number of rotatable bonds is 3. The van der Waals surface area contributed by atoms with Crippen molar-refractivity contribution in [3.63, 3.8) is 0 Å². The Kier molecular flexibility index (Phi) is 2.93. The van der Waals surface area contributed by atoms with Gasteiger partial charge in [-0.3, -0.25) is 9.36 Å². The van der Waals surface area contributed by atoms with Crippen molar-refractivity contribution in [2.75, 3.05) is 5.32 Å². The molecule has 3 aromatic rings. The van der Waals surface area contributed by atoms with E-state index in [1.54, 1.807) is 4.68 Å². The van der Waals surface area contributed by atoms with Crippen LogP contribution in [0.3, 0.4) is 0 Å². The van der Waals surface area contributed by atoms with Gasteiger partial charge in [0.15, 0.2) is 5.65 Å². The van der Waals surface area contributed by atoms with Crippen LogP contribution in [-0.4, -0.2) is 24.5 Å². The first-order valence-corrected chi connectivity index (χ1v) is 6.57. The molecule has 0 amide bonds. The van der Waals surface area contributed by atoms with Crippen LogP contribution in [0.2, 0.25) is 0 Å². The third-order valence-electron chi connectivity index (χ3n) is 3.68. The number of anilines is 1. The molecule has 20 heavy (non-hydrogen) atoms. The molecule has 0 aromatic carbocycles. The molecule has 0 unspecified atom stereocenters. The lowest BCUT2D eigenvalue weighted by atomic mass is 10.2. The molecule has 0 radical (unpaired) electrons. The number of hydrogen-bond acceptors (Lipinski definition) is 4. The number of nitrogens with one attached hydrogen (secondary N) is 1.